The summed E-state index contributed by atoms with van der Waals surface area (Å²) in [6.45, 7) is 2.61. The Balaban J connectivity index is 1.17. The Morgan fingerprint density at radius 1 is 0.791 bits per heavy atom. The number of alkyl carbamates (subject to hydrolysis) is 1. The molecule has 4 rings (SSSR count). The van der Waals surface area contributed by atoms with E-state index in [0.29, 0.717) is 0 Å². The second-order valence-electron chi connectivity index (χ2n) is 10.1. The lowest BCUT2D eigenvalue weighted by atomic mass is 9.98. The van der Waals surface area contributed by atoms with Crippen molar-refractivity contribution in [2.24, 2.45) is 0 Å². The first-order chi connectivity index (χ1) is 20.7. The highest BCUT2D eigenvalue weighted by Gasteiger charge is 2.29. The number of hydrogen-bond donors (Lipinski definition) is 4. The third kappa shape index (κ3) is 8.40. The van der Waals surface area contributed by atoms with Crippen molar-refractivity contribution in [1.29, 1.82) is 0 Å². The quantitative estimate of drug-likeness (QED) is 0.209. The van der Waals surface area contributed by atoms with Gasteiger partial charge in [0.15, 0.2) is 6.10 Å². The summed E-state index contributed by atoms with van der Waals surface area (Å²) < 4.78 is 16.1. The Labute approximate surface area is 249 Å². The van der Waals surface area contributed by atoms with Gasteiger partial charge in [-0.25, -0.2) is 9.59 Å². The van der Waals surface area contributed by atoms with Crippen LogP contribution in [0.15, 0.2) is 78.9 Å². The number of hydrogen-bond acceptors (Lipinski definition) is 7. The van der Waals surface area contributed by atoms with Crippen molar-refractivity contribution in [3.63, 3.8) is 0 Å². The summed E-state index contributed by atoms with van der Waals surface area (Å²) in [6, 6.07) is 23.2. The van der Waals surface area contributed by atoms with E-state index in [4.69, 9.17) is 14.2 Å². The molecule has 0 bridgehead atoms. The molecular formula is C32H35N3O8. The van der Waals surface area contributed by atoms with Crippen molar-refractivity contribution in [3.05, 3.63) is 95.6 Å². The second kappa shape index (κ2) is 14.9. The number of carboxylic acid groups (broad SMARTS) is 1. The van der Waals surface area contributed by atoms with Gasteiger partial charge in [-0.15, -0.1) is 0 Å². The van der Waals surface area contributed by atoms with Gasteiger partial charge in [-0.05, 0) is 41.7 Å². The first kappa shape index (κ1) is 31.2. The van der Waals surface area contributed by atoms with Gasteiger partial charge in [0.2, 0.25) is 11.8 Å². The van der Waals surface area contributed by atoms with Crippen molar-refractivity contribution < 1.29 is 38.5 Å². The van der Waals surface area contributed by atoms with E-state index < -0.39 is 48.8 Å². The fraction of sp³-hybridized carbons (Fsp3) is 0.312. The van der Waals surface area contributed by atoms with E-state index in [0.717, 1.165) is 27.8 Å². The van der Waals surface area contributed by atoms with Gasteiger partial charge in [0.1, 0.15) is 25.4 Å². The van der Waals surface area contributed by atoms with Crippen LogP contribution in [0.4, 0.5) is 4.79 Å². The molecule has 3 aromatic rings. The smallest absolute Gasteiger partial charge is 0.407 e. The lowest BCUT2D eigenvalue weighted by Gasteiger charge is -2.20. The molecule has 0 saturated carbocycles. The summed E-state index contributed by atoms with van der Waals surface area (Å²) in [6.07, 6.45) is -2.06. The minimum absolute atomic E-state index is 0.0988. The zero-order chi connectivity index (χ0) is 30.8. The molecule has 0 saturated heterocycles. The van der Waals surface area contributed by atoms with Crippen LogP contribution in [0.2, 0.25) is 0 Å². The van der Waals surface area contributed by atoms with Crippen LogP contribution in [0.1, 0.15) is 36.5 Å². The highest BCUT2D eigenvalue weighted by atomic mass is 16.6. The van der Waals surface area contributed by atoms with E-state index in [1.165, 1.54) is 13.8 Å². The van der Waals surface area contributed by atoms with Crippen LogP contribution >= 0.6 is 0 Å². The number of nitrogens with one attached hydrogen (secondary N) is 3. The minimum Gasteiger partial charge on any atom is -0.479 e. The molecule has 0 unspecified atom stereocenters. The number of aliphatic carboxylic acids is 1. The summed E-state index contributed by atoms with van der Waals surface area (Å²) in [5.41, 5.74) is 5.23. The topological polar surface area (TPSA) is 152 Å². The first-order valence-electron chi connectivity index (χ1n) is 13.9. The molecular weight excluding hydrogens is 554 g/mol. The molecule has 3 atom stereocenters. The zero-order valence-corrected chi connectivity index (χ0v) is 23.9. The highest BCUT2D eigenvalue weighted by Crippen LogP contribution is 2.44. The predicted molar refractivity (Wildman–Crippen MR) is 157 cm³/mol. The normalized spacial score (nSPS) is 14.0. The van der Waals surface area contributed by atoms with E-state index in [-0.39, 0.29) is 25.7 Å². The lowest BCUT2D eigenvalue weighted by Crippen LogP contribution is -2.52. The lowest BCUT2D eigenvalue weighted by molar-refractivity contribution is -0.156. The number of benzene rings is 3. The van der Waals surface area contributed by atoms with E-state index in [1.807, 2.05) is 78.9 Å². The van der Waals surface area contributed by atoms with Gasteiger partial charge in [-0.2, -0.15) is 0 Å². The maximum absolute atomic E-state index is 12.6. The standard InChI is InChI=1S/C32H35N3O8/c1-20(29(36)33-19-43-28(31(38)39)18-41-16-22-10-4-3-5-11-22)34-30(37)21(2)35-32(40)42-17-27-25-14-8-6-12-23(25)24-13-7-9-15-26(24)27/h3-15,20-21,27-28H,16-19H2,1-2H3,(H,33,36)(H,34,37)(H,35,40)(H,38,39)/t20-,21-,28+/m0/s1. The number of carbonyl (C=O) groups is 4. The molecule has 0 heterocycles. The van der Waals surface area contributed by atoms with E-state index in [2.05, 4.69) is 16.0 Å². The fourth-order valence-electron chi connectivity index (χ4n) is 4.70. The molecule has 0 aliphatic heterocycles. The average molecular weight is 590 g/mol. The van der Waals surface area contributed by atoms with Crippen LogP contribution in [0.25, 0.3) is 11.1 Å². The van der Waals surface area contributed by atoms with E-state index in [9.17, 15) is 24.3 Å². The third-order valence-electron chi connectivity index (χ3n) is 7.01. The molecule has 1 aliphatic carbocycles. The molecule has 226 valence electrons. The molecule has 1 aliphatic rings. The van der Waals surface area contributed by atoms with Crippen molar-refractivity contribution >= 4 is 23.9 Å². The molecule has 4 N–H and O–H groups in total. The Kier molecular flexibility index (Phi) is 10.8. The highest BCUT2D eigenvalue weighted by molar-refractivity contribution is 5.90. The molecule has 43 heavy (non-hydrogen) atoms. The van der Waals surface area contributed by atoms with Gasteiger partial charge < -0.3 is 35.3 Å². The van der Waals surface area contributed by atoms with Gasteiger partial charge in [0, 0.05) is 5.92 Å². The molecule has 0 radical (unpaired) electrons. The monoisotopic (exact) mass is 589 g/mol. The largest absolute Gasteiger partial charge is 0.479 e. The van der Waals surface area contributed by atoms with Crippen LogP contribution in [-0.2, 0) is 35.2 Å². The molecule has 3 aromatic carbocycles. The molecule has 0 aromatic heterocycles. The third-order valence-corrected chi connectivity index (χ3v) is 7.01. The van der Waals surface area contributed by atoms with Crippen molar-refractivity contribution in [2.75, 3.05) is 19.9 Å². The van der Waals surface area contributed by atoms with Gasteiger partial charge in [-0.1, -0.05) is 78.9 Å². The fourth-order valence-corrected chi connectivity index (χ4v) is 4.70. The van der Waals surface area contributed by atoms with E-state index in [1.54, 1.807) is 0 Å². The Morgan fingerprint density at radius 3 is 2.00 bits per heavy atom. The number of fused-ring (bicyclic) bond motifs is 3. The average Bonchev–Trinajstić information content (AvgIpc) is 3.33. The van der Waals surface area contributed by atoms with Crippen LogP contribution < -0.4 is 16.0 Å². The Bertz CT molecular complexity index is 1390. The molecule has 0 fully saturated rings. The van der Waals surface area contributed by atoms with Crippen molar-refractivity contribution in [2.45, 2.75) is 44.6 Å². The van der Waals surface area contributed by atoms with Gasteiger partial charge in [0.25, 0.3) is 0 Å². The van der Waals surface area contributed by atoms with Gasteiger partial charge in [0.05, 0.1) is 13.2 Å². The van der Waals surface area contributed by atoms with Gasteiger partial charge in [-0.3, -0.25) is 9.59 Å². The number of carbonyl (C=O) groups excluding carboxylic acids is 3. The molecule has 11 heteroatoms. The van der Waals surface area contributed by atoms with Gasteiger partial charge >= 0.3 is 12.1 Å². The second-order valence-corrected chi connectivity index (χ2v) is 10.1. The summed E-state index contributed by atoms with van der Waals surface area (Å²) in [7, 11) is 0. The SMILES string of the molecule is C[C@H](NC(=O)OCC1c2ccccc2-c2ccccc21)C(=O)N[C@@H](C)C(=O)NCO[C@H](COCc1ccccc1)C(=O)O. The van der Waals surface area contributed by atoms with Crippen LogP contribution in [0, 0.1) is 0 Å². The predicted octanol–water partition coefficient (Wildman–Crippen LogP) is 3.18. The molecule has 0 spiro atoms. The summed E-state index contributed by atoms with van der Waals surface area (Å²) in [4.78, 5) is 49.0. The number of rotatable bonds is 14. The maximum atomic E-state index is 12.6. The number of amides is 3. The van der Waals surface area contributed by atoms with E-state index >= 15 is 0 Å². The molecule has 3 amide bonds. The van der Waals surface area contributed by atoms with Crippen molar-refractivity contribution in [3.8, 4) is 11.1 Å². The summed E-state index contributed by atoms with van der Waals surface area (Å²) in [5.74, 6) is -2.56. The van der Waals surface area contributed by atoms with Crippen LogP contribution in [0.5, 0.6) is 0 Å². The first-order valence-corrected chi connectivity index (χ1v) is 13.9. The minimum atomic E-state index is -1.30. The van der Waals surface area contributed by atoms with Crippen LogP contribution in [-0.4, -0.2) is 67.1 Å². The van der Waals surface area contributed by atoms with Crippen LogP contribution in [0.3, 0.4) is 0 Å². The summed E-state index contributed by atoms with van der Waals surface area (Å²) >= 11 is 0. The van der Waals surface area contributed by atoms with Crippen molar-refractivity contribution in [1.82, 2.24) is 16.0 Å². The molecule has 11 nitrogen and oxygen atoms in total. The number of ether oxygens (including phenoxy) is 3. The number of carboxylic acids is 1. The Morgan fingerprint density at radius 2 is 1.37 bits per heavy atom. The Hall–Kier alpha value is -4.74. The maximum Gasteiger partial charge on any atom is 0.407 e. The summed E-state index contributed by atoms with van der Waals surface area (Å²) in [5, 5.41) is 16.8. The zero-order valence-electron chi connectivity index (χ0n) is 23.9.